The Bertz CT molecular complexity index is 3590. The Labute approximate surface area is 368 Å². The summed E-state index contributed by atoms with van der Waals surface area (Å²) < 4.78 is 4.16. The van der Waals surface area contributed by atoms with Crippen molar-refractivity contribution in [3.63, 3.8) is 0 Å². The topological polar surface area (TPSA) is 89.9 Å². The van der Waals surface area contributed by atoms with Crippen LogP contribution in [0.4, 0.5) is 0 Å². The normalized spacial score (nSPS) is 14.3. The minimum atomic E-state index is -0.410. The van der Waals surface area contributed by atoms with E-state index < -0.39 is 6.04 Å². The maximum atomic E-state index is 6.78. The number of benzene rings is 9. The number of nitrogens with two attached hydrogens (primary N) is 1. The van der Waals surface area contributed by atoms with Crippen LogP contribution in [-0.2, 0) is 0 Å². The lowest BCUT2D eigenvalue weighted by Gasteiger charge is -2.23. The second-order valence-corrected chi connectivity index (χ2v) is 16.2. The van der Waals surface area contributed by atoms with Gasteiger partial charge in [0, 0.05) is 33.2 Å². The van der Waals surface area contributed by atoms with Gasteiger partial charge < -0.3 is 5.73 Å². The molecule has 2 N–H and O–H groups in total. The van der Waals surface area contributed by atoms with Crippen molar-refractivity contribution in [3.8, 4) is 56.5 Å². The molecule has 0 bridgehead atoms. The molecule has 1 aliphatic rings. The molecule has 7 heteroatoms. The molecule has 0 saturated heterocycles. The van der Waals surface area contributed by atoms with Crippen LogP contribution in [0.5, 0.6) is 0 Å². The molecular formula is C56H36N6S. The quantitative estimate of drug-likeness (QED) is 0.133. The number of para-hydroxylation sites is 1. The Morgan fingerprint density at radius 3 is 1.54 bits per heavy atom. The SMILES string of the molecule is NC1/C(=N\S)C=Cc2c(-c3ccc(-c4cccc(-c5nc(-c6cc7ccccc7c7ccccc67)nc(-c6cc7ccccc7c7ccccc67)n5)c4)cc3)nc3ccccc3c21. The predicted octanol–water partition coefficient (Wildman–Crippen LogP) is 13.7. The van der Waals surface area contributed by atoms with E-state index in [-0.39, 0.29) is 0 Å². The summed E-state index contributed by atoms with van der Waals surface area (Å²) in [6, 6.07) is 63.2. The van der Waals surface area contributed by atoms with Crippen LogP contribution in [0.25, 0.3) is 117 Å². The Balaban J connectivity index is 1.01. The smallest absolute Gasteiger partial charge is 0.164 e. The van der Waals surface area contributed by atoms with Gasteiger partial charge in [0.05, 0.1) is 23.0 Å². The van der Waals surface area contributed by atoms with Gasteiger partial charge in [0.2, 0.25) is 0 Å². The molecule has 2 aromatic heterocycles. The van der Waals surface area contributed by atoms with E-state index in [0.29, 0.717) is 17.5 Å². The number of pyridine rings is 1. The minimum absolute atomic E-state index is 0.410. The van der Waals surface area contributed by atoms with Crippen LogP contribution in [-0.4, -0.2) is 25.6 Å². The Morgan fingerprint density at radius 1 is 0.413 bits per heavy atom. The maximum absolute atomic E-state index is 6.78. The van der Waals surface area contributed by atoms with Crippen molar-refractivity contribution >= 4 is 78.6 Å². The lowest BCUT2D eigenvalue weighted by Crippen LogP contribution is -2.24. The molecule has 2 heterocycles. The molecule has 6 nitrogen and oxygen atoms in total. The van der Waals surface area contributed by atoms with E-state index in [1.54, 1.807) is 0 Å². The molecule has 1 atom stereocenters. The Hall–Kier alpha value is -7.84. The third kappa shape index (κ3) is 6.20. The first-order valence-electron chi connectivity index (χ1n) is 21.0. The van der Waals surface area contributed by atoms with E-state index in [4.69, 9.17) is 25.7 Å². The zero-order chi connectivity index (χ0) is 42.0. The monoisotopic (exact) mass is 824 g/mol. The van der Waals surface area contributed by atoms with Crippen LogP contribution in [0.3, 0.4) is 0 Å². The summed E-state index contributed by atoms with van der Waals surface area (Å²) >= 11 is 4.20. The summed E-state index contributed by atoms with van der Waals surface area (Å²) in [6.45, 7) is 0. The molecule has 296 valence electrons. The lowest BCUT2D eigenvalue weighted by molar-refractivity contribution is 0.968. The van der Waals surface area contributed by atoms with Gasteiger partial charge in [-0.15, -0.1) is 0 Å². The number of thiol groups is 1. The number of hydrogen-bond donors (Lipinski definition) is 2. The zero-order valence-corrected chi connectivity index (χ0v) is 34.7. The second-order valence-electron chi connectivity index (χ2n) is 16.0. The van der Waals surface area contributed by atoms with Gasteiger partial charge in [-0.25, -0.2) is 24.3 Å². The van der Waals surface area contributed by atoms with E-state index in [0.717, 1.165) is 99.1 Å². The molecule has 11 aromatic rings. The highest BCUT2D eigenvalue weighted by Gasteiger charge is 2.25. The van der Waals surface area contributed by atoms with Crippen molar-refractivity contribution in [1.29, 1.82) is 0 Å². The average Bonchev–Trinajstić information content (AvgIpc) is 3.35. The first-order valence-corrected chi connectivity index (χ1v) is 21.4. The van der Waals surface area contributed by atoms with Crippen LogP contribution < -0.4 is 5.73 Å². The minimum Gasteiger partial charge on any atom is -0.319 e. The number of hydrogen-bond acceptors (Lipinski definition) is 7. The molecule has 0 amide bonds. The van der Waals surface area contributed by atoms with E-state index in [1.165, 1.54) is 10.8 Å². The highest BCUT2D eigenvalue weighted by molar-refractivity contribution is 7.79. The van der Waals surface area contributed by atoms with Crippen LogP contribution in [0.15, 0.2) is 192 Å². The van der Waals surface area contributed by atoms with Crippen molar-refractivity contribution in [2.45, 2.75) is 6.04 Å². The average molecular weight is 825 g/mol. The first kappa shape index (κ1) is 37.0. The molecule has 0 radical (unpaired) electrons. The molecule has 1 unspecified atom stereocenters. The molecule has 9 aromatic carbocycles. The predicted molar refractivity (Wildman–Crippen MR) is 265 cm³/mol. The number of nitrogens with zero attached hydrogens (tertiary/aromatic N) is 5. The molecule has 12 rings (SSSR count). The van der Waals surface area contributed by atoms with Crippen molar-refractivity contribution in [1.82, 2.24) is 19.9 Å². The van der Waals surface area contributed by atoms with Gasteiger partial charge in [-0.2, -0.15) is 0 Å². The van der Waals surface area contributed by atoms with Crippen molar-refractivity contribution < 1.29 is 0 Å². The van der Waals surface area contributed by atoms with Gasteiger partial charge in [0.25, 0.3) is 0 Å². The number of rotatable bonds is 5. The van der Waals surface area contributed by atoms with Gasteiger partial charge in [0.15, 0.2) is 17.5 Å². The van der Waals surface area contributed by atoms with E-state index >= 15 is 0 Å². The molecule has 0 fully saturated rings. The molecule has 0 spiro atoms. The Kier molecular flexibility index (Phi) is 8.78. The number of aromatic nitrogens is 4. The molecule has 0 saturated carbocycles. The fourth-order valence-electron chi connectivity index (χ4n) is 9.37. The molecule has 1 aliphatic carbocycles. The third-order valence-electron chi connectivity index (χ3n) is 12.4. The van der Waals surface area contributed by atoms with Crippen LogP contribution in [0.2, 0.25) is 0 Å². The fourth-order valence-corrected chi connectivity index (χ4v) is 9.57. The van der Waals surface area contributed by atoms with Crippen LogP contribution in [0.1, 0.15) is 17.2 Å². The molecule has 63 heavy (non-hydrogen) atoms. The van der Waals surface area contributed by atoms with E-state index in [1.807, 2.05) is 24.3 Å². The Morgan fingerprint density at radius 2 is 0.921 bits per heavy atom. The first-order chi connectivity index (χ1) is 31.1. The largest absolute Gasteiger partial charge is 0.319 e. The highest BCUT2D eigenvalue weighted by atomic mass is 32.1. The summed E-state index contributed by atoms with van der Waals surface area (Å²) in [4.78, 5) is 21.1. The summed E-state index contributed by atoms with van der Waals surface area (Å²) in [6.07, 6.45) is 3.99. The second kappa shape index (κ2) is 15.0. The van der Waals surface area contributed by atoms with Gasteiger partial charge in [0.1, 0.15) is 0 Å². The van der Waals surface area contributed by atoms with Crippen molar-refractivity contribution in [3.05, 3.63) is 199 Å². The lowest BCUT2D eigenvalue weighted by atomic mass is 9.86. The zero-order valence-electron chi connectivity index (χ0n) is 33.8. The van der Waals surface area contributed by atoms with Crippen molar-refractivity contribution in [2.75, 3.05) is 0 Å². The van der Waals surface area contributed by atoms with Crippen LogP contribution >= 0.6 is 12.8 Å². The number of fused-ring (bicyclic) bond motifs is 9. The highest BCUT2D eigenvalue weighted by Crippen LogP contribution is 2.40. The summed E-state index contributed by atoms with van der Waals surface area (Å²) in [5.74, 6) is 1.84. The van der Waals surface area contributed by atoms with Crippen LogP contribution in [0, 0.1) is 0 Å². The molecule has 0 aliphatic heterocycles. The maximum Gasteiger partial charge on any atom is 0.164 e. The van der Waals surface area contributed by atoms with E-state index in [2.05, 4.69) is 187 Å². The van der Waals surface area contributed by atoms with E-state index in [9.17, 15) is 0 Å². The fraction of sp³-hybridized carbons (Fsp3) is 0.0179. The summed E-state index contributed by atoms with van der Waals surface area (Å²) in [7, 11) is 0. The van der Waals surface area contributed by atoms with Gasteiger partial charge in [-0.1, -0.05) is 164 Å². The van der Waals surface area contributed by atoms with Gasteiger partial charge in [-0.05, 0) is 103 Å². The standard InChI is InChI=1S/C56H36N6S/c57-52-50(62-63)29-28-46-51(52)45-22-9-10-23-49(45)58-53(46)34-26-24-33(25-27-34)35-14-11-15-38(30-35)54-59-55(47-31-36-12-1-3-16-39(36)41-18-5-7-20-43(41)47)61-56(60-54)48-32-37-13-2-4-17-40(37)42-19-6-8-21-44(42)48/h1-32,52,63H,57H2/b62-50-. The summed E-state index contributed by atoms with van der Waals surface area (Å²) in [5.41, 5.74) is 17.2. The van der Waals surface area contributed by atoms with Gasteiger partial charge >= 0.3 is 0 Å². The van der Waals surface area contributed by atoms with Crippen molar-refractivity contribution in [2.24, 2.45) is 10.1 Å². The molecular weight excluding hydrogens is 789 g/mol. The third-order valence-corrected chi connectivity index (χ3v) is 12.6. The van der Waals surface area contributed by atoms with Gasteiger partial charge in [-0.3, -0.25) is 0 Å². The summed E-state index contributed by atoms with van der Waals surface area (Å²) in [5, 5.41) is 10.2.